The van der Waals surface area contributed by atoms with Gasteiger partial charge in [-0.1, -0.05) is 6.07 Å². The fraction of sp³-hybridized carbons (Fsp3) is 0.273. The first-order chi connectivity index (χ1) is 6.68. The highest BCUT2D eigenvalue weighted by molar-refractivity contribution is 5.86. The maximum Gasteiger partial charge on any atom is 0.129 e. The number of aromatic amines is 1. The Labute approximate surface area is 83.0 Å². The van der Waals surface area contributed by atoms with E-state index in [2.05, 4.69) is 4.98 Å². The highest BCUT2D eigenvalue weighted by Crippen LogP contribution is 2.28. The molecule has 2 N–H and O–H groups in total. The Morgan fingerprint density at radius 3 is 2.79 bits per heavy atom. The van der Waals surface area contributed by atoms with Crippen LogP contribution in [0.5, 0.6) is 5.75 Å². The predicted molar refractivity (Wildman–Crippen MR) is 57.4 cm³/mol. The van der Waals surface area contributed by atoms with Gasteiger partial charge in [0.2, 0.25) is 0 Å². The van der Waals surface area contributed by atoms with Crippen LogP contribution in [-0.2, 0) is 6.54 Å². The van der Waals surface area contributed by atoms with Crippen LogP contribution in [0.3, 0.4) is 0 Å². The Morgan fingerprint density at radius 2 is 2.07 bits per heavy atom. The van der Waals surface area contributed by atoms with Gasteiger partial charge in [0.05, 0.1) is 0 Å². The zero-order valence-electron chi connectivity index (χ0n) is 8.41. The van der Waals surface area contributed by atoms with Crippen molar-refractivity contribution in [3.63, 3.8) is 0 Å². The second kappa shape index (κ2) is 3.35. The molecule has 2 aromatic rings. The van der Waals surface area contributed by atoms with Crippen molar-refractivity contribution in [1.82, 2.24) is 9.88 Å². The first-order valence-electron chi connectivity index (χ1n) is 4.61. The molecule has 1 aromatic heterocycles. The molecule has 0 fully saturated rings. The maximum absolute atomic E-state index is 9.94. The van der Waals surface area contributed by atoms with Gasteiger partial charge in [-0.3, -0.25) is 0 Å². The van der Waals surface area contributed by atoms with E-state index >= 15 is 0 Å². The van der Waals surface area contributed by atoms with Gasteiger partial charge in [-0.2, -0.15) is 0 Å². The zero-order valence-corrected chi connectivity index (χ0v) is 8.41. The van der Waals surface area contributed by atoms with Crippen LogP contribution in [0.25, 0.3) is 10.9 Å². The van der Waals surface area contributed by atoms with Crippen molar-refractivity contribution in [1.29, 1.82) is 0 Å². The molecule has 0 radical (unpaired) electrons. The molecular formula is C11H14N2O. The fourth-order valence-electron chi connectivity index (χ4n) is 1.63. The van der Waals surface area contributed by atoms with Gasteiger partial charge in [-0.05, 0) is 26.2 Å². The monoisotopic (exact) mass is 190 g/mol. The van der Waals surface area contributed by atoms with Gasteiger partial charge in [0.1, 0.15) is 5.75 Å². The van der Waals surface area contributed by atoms with Crippen molar-refractivity contribution in [3.8, 4) is 5.75 Å². The van der Waals surface area contributed by atoms with E-state index in [0.29, 0.717) is 5.75 Å². The van der Waals surface area contributed by atoms with E-state index in [1.165, 1.54) is 0 Å². The standard InChI is InChI=1S/C11H14N2O/c1-13(2)7-8-3-4-10-9(11(8)14)5-6-12-10/h3-6,12,14H,7H2,1-2H3. The van der Waals surface area contributed by atoms with E-state index in [9.17, 15) is 5.11 Å². The van der Waals surface area contributed by atoms with E-state index in [-0.39, 0.29) is 0 Å². The summed E-state index contributed by atoms with van der Waals surface area (Å²) in [4.78, 5) is 5.10. The molecule has 0 spiro atoms. The van der Waals surface area contributed by atoms with Gasteiger partial charge >= 0.3 is 0 Å². The molecule has 0 saturated heterocycles. The summed E-state index contributed by atoms with van der Waals surface area (Å²) in [5, 5.41) is 10.8. The molecule has 0 aliphatic heterocycles. The Hall–Kier alpha value is -1.48. The summed E-state index contributed by atoms with van der Waals surface area (Å²) < 4.78 is 0. The summed E-state index contributed by atoms with van der Waals surface area (Å²) >= 11 is 0. The first-order valence-corrected chi connectivity index (χ1v) is 4.61. The van der Waals surface area contributed by atoms with Crippen molar-refractivity contribution in [3.05, 3.63) is 30.0 Å². The number of aromatic hydroxyl groups is 1. The predicted octanol–water partition coefficient (Wildman–Crippen LogP) is 1.94. The smallest absolute Gasteiger partial charge is 0.129 e. The summed E-state index contributed by atoms with van der Waals surface area (Å²) in [5.41, 5.74) is 1.94. The fourth-order valence-corrected chi connectivity index (χ4v) is 1.63. The molecular weight excluding hydrogens is 176 g/mol. The number of aromatic nitrogens is 1. The molecule has 0 bridgehead atoms. The van der Waals surface area contributed by atoms with E-state index in [1.54, 1.807) is 0 Å². The second-order valence-electron chi connectivity index (χ2n) is 3.75. The van der Waals surface area contributed by atoms with E-state index in [4.69, 9.17) is 0 Å². The number of H-pyrrole nitrogens is 1. The van der Waals surface area contributed by atoms with Crippen LogP contribution in [0.2, 0.25) is 0 Å². The number of nitrogens with zero attached hydrogens (tertiary/aromatic N) is 1. The molecule has 0 saturated carbocycles. The third-order valence-electron chi connectivity index (χ3n) is 2.28. The third-order valence-corrected chi connectivity index (χ3v) is 2.28. The highest BCUT2D eigenvalue weighted by atomic mass is 16.3. The number of benzene rings is 1. The minimum atomic E-state index is 0.387. The van der Waals surface area contributed by atoms with Crippen LogP contribution in [0.4, 0.5) is 0 Å². The molecule has 2 rings (SSSR count). The largest absolute Gasteiger partial charge is 0.507 e. The molecule has 1 aromatic carbocycles. The number of fused-ring (bicyclic) bond motifs is 1. The lowest BCUT2D eigenvalue weighted by Crippen LogP contribution is -2.10. The van der Waals surface area contributed by atoms with Gasteiger partial charge < -0.3 is 15.0 Å². The van der Waals surface area contributed by atoms with Crippen LogP contribution < -0.4 is 0 Å². The molecule has 0 unspecified atom stereocenters. The van der Waals surface area contributed by atoms with Crippen molar-refractivity contribution in [2.45, 2.75) is 6.54 Å². The first kappa shape index (κ1) is 9.09. The number of hydrogen-bond acceptors (Lipinski definition) is 2. The summed E-state index contributed by atoms with van der Waals surface area (Å²) in [6.07, 6.45) is 1.84. The van der Waals surface area contributed by atoms with Crippen molar-refractivity contribution in [2.75, 3.05) is 14.1 Å². The van der Waals surface area contributed by atoms with Crippen LogP contribution in [0.1, 0.15) is 5.56 Å². The minimum absolute atomic E-state index is 0.387. The molecule has 0 amide bonds. The Balaban J connectivity index is 2.51. The molecule has 14 heavy (non-hydrogen) atoms. The van der Waals surface area contributed by atoms with E-state index < -0.39 is 0 Å². The van der Waals surface area contributed by atoms with Crippen molar-refractivity contribution >= 4 is 10.9 Å². The Kier molecular flexibility index (Phi) is 2.17. The number of rotatable bonds is 2. The Bertz CT molecular complexity index is 445. The molecule has 1 heterocycles. The minimum Gasteiger partial charge on any atom is -0.507 e. The summed E-state index contributed by atoms with van der Waals surface area (Å²) in [5.74, 6) is 0.387. The second-order valence-corrected chi connectivity index (χ2v) is 3.75. The number of hydrogen-bond donors (Lipinski definition) is 2. The van der Waals surface area contributed by atoms with Crippen LogP contribution in [0, 0.1) is 0 Å². The SMILES string of the molecule is CN(C)Cc1ccc2[nH]ccc2c1O. The van der Waals surface area contributed by atoms with Crippen LogP contribution in [0.15, 0.2) is 24.4 Å². The number of nitrogens with one attached hydrogen (secondary N) is 1. The molecule has 3 nitrogen and oxygen atoms in total. The lowest BCUT2D eigenvalue weighted by Gasteiger charge is -2.11. The lowest BCUT2D eigenvalue weighted by atomic mass is 10.1. The van der Waals surface area contributed by atoms with Crippen LogP contribution >= 0.6 is 0 Å². The topological polar surface area (TPSA) is 39.3 Å². The normalized spacial score (nSPS) is 11.4. The van der Waals surface area contributed by atoms with Crippen molar-refractivity contribution < 1.29 is 5.11 Å². The summed E-state index contributed by atoms with van der Waals surface area (Å²) in [6, 6.07) is 5.84. The van der Waals surface area contributed by atoms with Gasteiger partial charge in [0, 0.05) is 29.2 Å². The Morgan fingerprint density at radius 1 is 1.29 bits per heavy atom. The van der Waals surface area contributed by atoms with Crippen LogP contribution in [-0.4, -0.2) is 29.1 Å². The zero-order chi connectivity index (χ0) is 10.1. The highest BCUT2D eigenvalue weighted by Gasteiger charge is 2.07. The number of phenolic OH excluding ortho intramolecular Hbond substituents is 1. The average Bonchev–Trinajstić information content (AvgIpc) is 2.57. The van der Waals surface area contributed by atoms with E-state index in [0.717, 1.165) is 23.0 Å². The summed E-state index contributed by atoms with van der Waals surface area (Å²) in [7, 11) is 3.97. The van der Waals surface area contributed by atoms with Gasteiger partial charge in [-0.15, -0.1) is 0 Å². The van der Waals surface area contributed by atoms with Gasteiger partial charge in [-0.25, -0.2) is 0 Å². The maximum atomic E-state index is 9.94. The molecule has 0 atom stereocenters. The quantitative estimate of drug-likeness (QED) is 0.759. The third kappa shape index (κ3) is 1.46. The average molecular weight is 190 g/mol. The van der Waals surface area contributed by atoms with Crippen molar-refractivity contribution in [2.24, 2.45) is 0 Å². The lowest BCUT2D eigenvalue weighted by molar-refractivity contribution is 0.387. The van der Waals surface area contributed by atoms with Gasteiger partial charge in [0.25, 0.3) is 0 Å². The molecule has 0 aliphatic carbocycles. The molecule has 74 valence electrons. The molecule has 3 heteroatoms. The van der Waals surface area contributed by atoms with Gasteiger partial charge in [0.15, 0.2) is 0 Å². The number of phenols is 1. The summed E-state index contributed by atoms with van der Waals surface area (Å²) in [6.45, 7) is 0.757. The molecule has 0 aliphatic rings. The van der Waals surface area contributed by atoms with E-state index in [1.807, 2.05) is 43.4 Å².